The molecule has 0 unspecified atom stereocenters. The molecule has 20 heavy (non-hydrogen) atoms. The fourth-order valence-electron chi connectivity index (χ4n) is 2.23. The highest BCUT2D eigenvalue weighted by Crippen LogP contribution is 2.17. The lowest BCUT2D eigenvalue weighted by Crippen LogP contribution is -2.39. The number of nitrogens with one attached hydrogen (secondary N) is 1. The van der Waals surface area contributed by atoms with E-state index in [1.807, 2.05) is 18.2 Å². The van der Waals surface area contributed by atoms with E-state index in [0.717, 1.165) is 50.0 Å². The molecule has 1 heterocycles. The maximum absolute atomic E-state index is 11.3. The highest BCUT2D eigenvalue weighted by atomic mass is 32.2. The van der Waals surface area contributed by atoms with Gasteiger partial charge in [-0.25, -0.2) is 0 Å². The number of hydrogen-bond acceptors (Lipinski definition) is 4. The van der Waals surface area contributed by atoms with E-state index in [9.17, 15) is 4.21 Å². The van der Waals surface area contributed by atoms with Gasteiger partial charge in [0, 0.05) is 54.0 Å². The van der Waals surface area contributed by atoms with Crippen LogP contribution in [0.15, 0.2) is 24.3 Å². The summed E-state index contributed by atoms with van der Waals surface area (Å²) in [6.45, 7) is 7.35. The molecular formula is C15H24N2O2S. The van der Waals surface area contributed by atoms with Gasteiger partial charge < -0.3 is 10.1 Å². The van der Waals surface area contributed by atoms with E-state index in [4.69, 9.17) is 4.74 Å². The quantitative estimate of drug-likeness (QED) is 0.822. The van der Waals surface area contributed by atoms with Gasteiger partial charge in [-0.05, 0) is 12.6 Å². The van der Waals surface area contributed by atoms with Crippen molar-refractivity contribution in [3.05, 3.63) is 29.8 Å². The molecule has 5 heteroatoms. The van der Waals surface area contributed by atoms with Gasteiger partial charge >= 0.3 is 0 Å². The van der Waals surface area contributed by atoms with Gasteiger partial charge in [0.2, 0.25) is 0 Å². The molecule has 1 saturated heterocycles. The molecule has 1 aliphatic heterocycles. The summed E-state index contributed by atoms with van der Waals surface area (Å²) < 4.78 is 17.2. The van der Waals surface area contributed by atoms with E-state index in [1.54, 1.807) is 0 Å². The number of hydrogen-bond donors (Lipinski definition) is 1. The van der Waals surface area contributed by atoms with E-state index < -0.39 is 10.8 Å². The van der Waals surface area contributed by atoms with Crippen molar-refractivity contribution in [2.75, 3.05) is 44.3 Å². The van der Waals surface area contributed by atoms with Gasteiger partial charge in [0.15, 0.2) is 0 Å². The number of nitrogens with zero attached hydrogens (tertiary/aromatic N) is 1. The maximum Gasteiger partial charge on any atom is 0.123 e. The summed E-state index contributed by atoms with van der Waals surface area (Å²) in [5, 5.41) is 3.33. The Balaban J connectivity index is 1.77. The smallest absolute Gasteiger partial charge is 0.123 e. The Kier molecular flexibility index (Phi) is 6.50. The molecule has 0 bridgehead atoms. The summed E-state index contributed by atoms with van der Waals surface area (Å²) in [4.78, 5) is 2.33. The Labute approximate surface area is 124 Å². The van der Waals surface area contributed by atoms with Crippen LogP contribution in [0.3, 0.4) is 0 Å². The summed E-state index contributed by atoms with van der Waals surface area (Å²) in [5.41, 5.74) is 1.20. The van der Waals surface area contributed by atoms with Crippen molar-refractivity contribution in [2.24, 2.45) is 0 Å². The van der Waals surface area contributed by atoms with E-state index >= 15 is 0 Å². The van der Waals surface area contributed by atoms with Crippen LogP contribution < -0.4 is 10.1 Å². The van der Waals surface area contributed by atoms with Gasteiger partial charge in [0.25, 0.3) is 0 Å². The highest BCUT2D eigenvalue weighted by molar-refractivity contribution is 7.85. The summed E-state index contributed by atoms with van der Waals surface area (Å²) in [5.74, 6) is 2.57. The summed E-state index contributed by atoms with van der Waals surface area (Å²) >= 11 is 0. The topological polar surface area (TPSA) is 41.6 Å². The zero-order valence-electron chi connectivity index (χ0n) is 12.1. The molecule has 4 nitrogen and oxygen atoms in total. The molecule has 1 N–H and O–H groups in total. The average molecular weight is 296 g/mol. The predicted octanol–water partition coefficient (Wildman–Crippen LogP) is 1.24. The predicted molar refractivity (Wildman–Crippen MR) is 83.6 cm³/mol. The van der Waals surface area contributed by atoms with Crippen molar-refractivity contribution in [2.45, 2.75) is 13.5 Å². The highest BCUT2D eigenvalue weighted by Gasteiger charge is 2.14. The zero-order chi connectivity index (χ0) is 14.2. The van der Waals surface area contributed by atoms with E-state index in [-0.39, 0.29) is 0 Å². The first-order valence-electron chi connectivity index (χ1n) is 7.28. The molecule has 1 aromatic rings. The molecular weight excluding hydrogens is 272 g/mol. The van der Waals surface area contributed by atoms with Gasteiger partial charge in [0.05, 0.1) is 0 Å². The van der Waals surface area contributed by atoms with Crippen LogP contribution in [0.5, 0.6) is 5.75 Å². The summed E-state index contributed by atoms with van der Waals surface area (Å²) in [6, 6.07) is 8.17. The molecule has 0 atom stereocenters. The molecule has 0 amide bonds. The second kappa shape index (κ2) is 8.39. The minimum absolute atomic E-state index is 0.601. The first kappa shape index (κ1) is 15.5. The minimum Gasteiger partial charge on any atom is -0.492 e. The van der Waals surface area contributed by atoms with Crippen LogP contribution in [-0.2, 0) is 17.3 Å². The lowest BCUT2D eigenvalue weighted by molar-refractivity contribution is 0.220. The van der Waals surface area contributed by atoms with Crippen LogP contribution in [0.2, 0.25) is 0 Å². The molecule has 1 fully saturated rings. The third kappa shape index (κ3) is 4.89. The molecule has 0 aromatic heterocycles. The molecule has 0 radical (unpaired) electrons. The molecule has 0 saturated carbocycles. The summed E-state index contributed by atoms with van der Waals surface area (Å²) in [7, 11) is -0.601. The van der Waals surface area contributed by atoms with Crippen molar-refractivity contribution in [1.82, 2.24) is 10.2 Å². The van der Waals surface area contributed by atoms with Crippen molar-refractivity contribution in [3.63, 3.8) is 0 Å². The van der Waals surface area contributed by atoms with Gasteiger partial charge in [-0.2, -0.15) is 0 Å². The molecule has 0 aliphatic carbocycles. The average Bonchev–Trinajstić information content (AvgIpc) is 2.48. The number of rotatable bonds is 7. The second-order valence-electron chi connectivity index (χ2n) is 4.93. The Morgan fingerprint density at radius 3 is 2.80 bits per heavy atom. The molecule has 112 valence electrons. The first-order chi connectivity index (χ1) is 9.79. The minimum atomic E-state index is -0.601. The molecule has 1 aliphatic rings. The Hall–Kier alpha value is -0.910. The van der Waals surface area contributed by atoms with Crippen molar-refractivity contribution in [3.8, 4) is 5.75 Å². The summed E-state index contributed by atoms with van der Waals surface area (Å²) in [6.07, 6.45) is 0. The van der Waals surface area contributed by atoms with Crippen LogP contribution in [0.25, 0.3) is 0 Å². The van der Waals surface area contributed by atoms with Crippen LogP contribution in [0, 0.1) is 0 Å². The van der Waals surface area contributed by atoms with Gasteiger partial charge in [-0.1, -0.05) is 25.1 Å². The van der Waals surface area contributed by atoms with Gasteiger partial charge in [-0.15, -0.1) is 0 Å². The van der Waals surface area contributed by atoms with Crippen LogP contribution in [0.1, 0.15) is 12.5 Å². The maximum atomic E-state index is 11.3. The van der Waals surface area contributed by atoms with Crippen molar-refractivity contribution >= 4 is 10.8 Å². The van der Waals surface area contributed by atoms with Crippen LogP contribution in [-0.4, -0.2) is 53.4 Å². The van der Waals surface area contributed by atoms with Crippen molar-refractivity contribution < 1.29 is 8.95 Å². The van der Waals surface area contributed by atoms with E-state index in [0.29, 0.717) is 6.61 Å². The SMILES string of the molecule is CCNCc1ccccc1OCCN1CCS(=O)CC1. The largest absolute Gasteiger partial charge is 0.492 e. The molecule has 2 rings (SSSR count). The third-order valence-electron chi connectivity index (χ3n) is 3.47. The van der Waals surface area contributed by atoms with Crippen LogP contribution in [0.4, 0.5) is 0 Å². The van der Waals surface area contributed by atoms with Crippen molar-refractivity contribution in [1.29, 1.82) is 0 Å². The first-order valence-corrected chi connectivity index (χ1v) is 8.77. The number of ether oxygens (including phenoxy) is 1. The molecule has 0 spiro atoms. The normalized spacial score (nSPS) is 17.2. The monoisotopic (exact) mass is 296 g/mol. The van der Waals surface area contributed by atoms with E-state index in [1.165, 1.54) is 5.56 Å². The fraction of sp³-hybridized carbons (Fsp3) is 0.600. The standard InChI is InChI=1S/C15H24N2O2S/c1-2-16-13-14-5-3-4-6-15(14)19-10-7-17-8-11-20(18)12-9-17/h3-6,16H,2,7-13H2,1H3. The molecule has 1 aromatic carbocycles. The number of para-hydroxylation sites is 1. The van der Waals surface area contributed by atoms with E-state index in [2.05, 4.69) is 23.2 Å². The van der Waals surface area contributed by atoms with Gasteiger partial charge in [-0.3, -0.25) is 9.11 Å². The number of benzene rings is 1. The Morgan fingerprint density at radius 1 is 1.30 bits per heavy atom. The Bertz CT molecular complexity index is 430. The Morgan fingerprint density at radius 2 is 2.05 bits per heavy atom. The third-order valence-corrected chi connectivity index (χ3v) is 4.75. The second-order valence-corrected chi connectivity index (χ2v) is 6.62. The zero-order valence-corrected chi connectivity index (χ0v) is 13.0. The van der Waals surface area contributed by atoms with Gasteiger partial charge in [0.1, 0.15) is 12.4 Å². The lowest BCUT2D eigenvalue weighted by atomic mass is 10.2. The fourth-order valence-corrected chi connectivity index (χ4v) is 3.36. The lowest BCUT2D eigenvalue weighted by Gasteiger charge is -2.26. The van der Waals surface area contributed by atoms with Crippen LogP contribution >= 0.6 is 0 Å².